The highest BCUT2D eigenvalue weighted by Gasteiger charge is 2.14. The molecule has 0 saturated carbocycles. The summed E-state index contributed by atoms with van der Waals surface area (Å²) in [5, 5.41) is 0. The maximum absolute atomic E-state index is 6.09. The quantitative estimate of drug-likeness (QED) is 0.792. The third-order valence-corrected chi connectivity index (χ3v) is 3.11. The van der Waals surface area contributed by atoms with E-state index in [1.165, 1.54) is 5.56 Å². The van der Waals surface area contributed by atoms with E-state index in [1.807, 2.05) is 12.1 Å². The van der Waals surface area contributed by atoms with Crippen molar-refractivity contribution in [3.8, 4) is 5.75 Å². The fraction of sp³-hybridized carbons (Fsp3) is 0.571. The second-order valence-electron chi connectivity index (χ2n) is 4.23. The van der Waals surface area contributed by atoms with Crippen LogP contribution >= 0.6 is 0 Å². The lowest BCUT2D eigenvalue weighted by molar-refractivity contribution is 0.0749. The molecule has 0 heterocycles. The van der Waals surface area contributed by atoms with Gasteiger partial charge in [0.15, 0.2) is 0 Å². The molecule has 0 bridgehead atoms. The van der Waals surface area contributed by atoms with E-state index in [-0.39, 0.29) is 12.1 Å². The van der Waals surface area contributed by atoms with Crippen LogP contribution in [0.2, 0.25) is 0 Å². The molecule has 2 atom stereocenters. The minimum atomic E-state index is 0.104. The first-order chi connectivity index (χ1) is 8.21. The van der Waals surface area contributed by atoms with Crippen LogP contribution in [0, 0.1) is 0 Å². The monoisotopic (exact) mass is 237 g/mol. The first-order valence-electron chi connectivity index (χ1n) is 6.12. The molecular formula is C14H23NO2. The molecule has 0 fully saturated rings. The fourth-order valence-corrected chi connectivity index (χ4v) is 1.96. The van der Waals surface area contributed by atoms with Gasteiger partial charge in [0.25, 0.3) is 0 Å². The van der Waals surface area contributed by atoms with Crippen LogP contribution < -0.4 is 10.5 Å². The molecular weight excluding hydrogens is 214 g/mol. The predicted octanol–water partition coefficient (Wildman–Crippen LogP) is 2.38. The molecule has 96 valence electrons. The van der Waals surface area contributed by atoms with E-state index in [4.69, 9.17) is 15.2 Å². The normalized spacial score (nSPS) is 14.4. The van der Waals surface area contributed by atoms with Crippen LogP contribution in [0.5, 0.6) is 5.75 Å². The number of aryl methyl sites for hydroxylation is 1. The van der Waals surface area contributed by atoms with E-state index in [2.05, 4.69) is 19.1 Å². The van der Waals surface area contributed by atoms with Gasteiger partial charge in [0, 0.05) is 13.2 Å². The summed E-state index contributed by atoms with van der Waals surface area (Å²) in [5.74, 6) is 0.890. The molecule has 0 spiro atoms. The maximum atomic E-state index is 6.09. The van der Waals surface area contributed by atoms with Crippen molar-refractivity contribution in [2.75, 3.05) is 14.2 Å². The zero-order chi connectivity index (χ0) is 12.7. The lowest BCUT2D eigenvalue weighted by Gasteiger charge is -2.21. The van der Waals surface area contributed by atoms with Crippen molar-refractivity contribution in [1.82, 2.24) is 0 Å². The number of ether oxygens (including phenoxy) is 2. The van der Waals surface area contributed by atoms with Gasteiger partial charge >= 0.3 is 0 Å². The summed E-state index contributed by atoms with van der Waals surface area (Å²) in [7, 11) is 3.40. The molecule has 0 aliphatic carbocycles. The van der Waals surface area contributed by atoms with Crippen LogP contribution in [-0.4, -0.2) is 26.4 Å². The molecule has 0 aromatic heterocycles. The lowest BCUT2D eigenvalue weighted by Crippen LogP contribution is -2.36. The predicted molar refractivity (Wildman–Crippen MR) is 70.4 cm³/mol. The summed E-state index contributed by atoms with van der Waals surface area (Å²) >= 11 is 0. The van der Waals surface area contributed by atoms with Gasteiger partial charge in [-0.25, -0.2) is 0 Å². The number of methoxy groups -OCH3 is 2. The van der Waals surface area contributed by atoms with Crippen LogP contribution in [0.1, 0.15) is 25.3 Å². The topological polar surface area (TPSA) is 44.5 Å². The zero-order valence-electron chi connectivity index (χ0n) is 11.0. The minimum absolute atomic E-state index is 0.104. The van der Waals surface area contributed by atoms with E-state index in [1.54, 1.807) is 14.2 Å². The molecule has 0 amide bonds. The number of rotatable bonds is 7. The maximum Gasteiger partial charge on any atom is 0.118 e. The molecule has 3 nitrogen and oxygen atoms in total. The first kappa shape index (κ1) is 14.0. The molecule has 0 aliphatic heterocycles. The summed E-state index contributed by atoms with van der Waals surface area (Å²) in [4.78, 5) is 0. The van der Waals surface area contributed by atoms with Crippen LogP contribution in [0.25, 0.3) is 0 Å². The van der Waals surface area contributed by atoms with Gasteiger partial charge in [-0.1, -0.05) is 19.1 Å². The Labute approximate surface area is 104 Å². The minimum Gasteiger partial charge on any atom is -0.497 e. The van der Waals surface area contributed by atoms with Crippen LogP contribution in [-0.2, 0) is 11.2 Å². The number of hydrogen-bond donors (Lipinski definition) is 1. The molecule has 0 saturated heterocycles. The van der Waals surface area contributed by atoms with E-state index in [0.29, 0.717) is 0 Å². The first-order valence-corrected chi connectivity index (χ1v) is 6.12. The molecule has 1 rings (SSSR count). The number of hydrogen-bond acceptors (Lipinski definition) is 3. The van der Waals surface area contributed by atoms with Crippen molar-refractivity contribution in [2.45, 2.75) is 38.3 Å². The van der Waals surface area contributed by atoms with E-state index in [0.717, 1.165) is 25.0 Å². The van der Waals surface area contributed by atoms with Crippen molar-refractivity contribution in [2.24, 2.45) is 5.73 Å². The molecule has 0 aliphatic rings. The zero-order valence-corrected chi connectivity index (χ0v) is 11.0. The summed E-state index contributed by atoms with van der Waals surface area (Å²) in [6, 6.07) is 8.23. The van der Waals surface area contributed by atoms with Crippen molar-refractivity contribution in [3.05, 3.63) is 29.8 Å². The Morgan fingerprint density at radius 2 is 1.82 bits per heavy atom. The third kappa shape index (κ3) is 4.36. The van der Waals surface area contributed by atoms with Gasteiger partial charge in [-0.2, -0.15) is 0 Å². The number of nitrogens with two attached hydrogens (primary N) is 1. The highest BCUT2D eigenvalue weighted by atomic mass is 16.5. The number of benzene rings is 1. The average molecular weight is 237 g/mol. The van der Waals surface area contributed by atoms with Crippen molar-refractivity contribution in [1.29, 1.82) is 0 Å². The van der Waals surface area contributed by atoms with Crippen molar-refractivity contribution >= 4 is 0 Å². The van der Waals surface area contributed by atoms with Crippen LogP contribution in [0.4, 0.5) is 0 Å². The molecule has 3 heteroatoms. The second-order valence-corrected chi connectivity index (χ2v) is 4.23. The Bertz CT molecular complexity index is 307. The van der Waals surface area contributed by atoms with Gasteiger partial charge in [0.2, 0.25) is 0 Å². The second kappa shape index (κ2) is 7.30. The van der Waals surface area contributed by atoms with E-state index in [9.17, 15) is 0 Å². The summed E-state index contributed by atoms with van der Waals surface area (Å²) in [6.45, 7) is 2.10. The van der Waals surface area contributed by atoms with Crippen LogP contribution in [0.3, 0.4) is 0 Å². The van der Waals surface area contributed by atoms with Crippen LogP contribution in [0.15, 0.2) is 24.3 Å². The Morgan fingerprint density at radius 3 is 2.29 bits per heavy atom. The van der Waals surface area contributed by atoms with Gasteiger partial charge in [-0.3, -0.25) is 0 Å². The SMILES string of the molecule is CCC(OC)C(N)CCc1ccc(OC)cc1. The molecule has 0 radical (unpaired) electrons. The standard InChI is InChI=1S/C14H23NO2/c1-4-14(17-3)13(15)10-7-11-5-8-12(16-2)9-6-11/h5-6,8-9,13-14H,4,7,10,15H2,1-3H3. The van der Waals surface area contributed by atoms with Gasteiger partial charge in [-0.15, -0.1) is 0 Å². The smallest absolute Gasteiger partial charge is 0.118 e. The Hall–Kier alpha value is -1.06. The van der Waals surface area contributed by atoms with Gasteiger partial charge in [-0.05, 0) is 37.0 Å². The summed E-state index contributed by atoms with van der Waals surface area (Å²) in [6.07, 6.45) is 3.04. The molecule has 2 unspecified atom stereocenters. The summed E-state index contributed by atoms with van der Waals surface area (Å²) in [5.41, 5.74) is 7.38. The molecule has 1 aromatic rings. The van der Waals surface area contributed by atoms with E-state index < -0.39 is 0 Å². The van der Waals surface area contributed by atoms with Gasteiger partial charge < -0.3 is 15.2 Å². The summed E-state index contributed by atoms with van der Waals surface area (Å²) < 4.78 is 10.5. The Kier molecular flexibility index (Phi) is 6.01. The average Bonchev–Trinajstić information content (AvgIpc) is 2.38. The Morgan fingerprint density at radius 1 is 1.18 bits per heavy atom. The highest BCUT2D eigenvalue weighted by Crippen LogP contribution is 2.14. The van der Waals surface area contributed by atoms with Crippen molar-refractivity contribution in [3.63, 3.8) is 0 Å². The lowest BCUT2D eigenvalue weighted by atomic mass is 10.0. The fourth-order valence-electron chi connectivity index (χ4n) is 1.96. The van der Waals surface area contributed by atoms with E-state index >= 15 is 0 Å². The van der Waals surface area contributed by atoms with Crippen molar-refractivity contribution < 1.29 is 9.47 Å². The Balaban J connectivity index is 2.43. The highest BCUT2D eigenvalue weighted by molar-refractivity contribution is 5.27. The van der Waals surface area contributed by atoms with Gasteiger partial charge in [0.05, 0.1) is 13.2 Å². The molecule has 2 N–H and O–H groups in total. The largest absolute Gasteiger partial charge is 0.497 e. The van der Waals surface area contributed by atoms with Gasteiger partial charge in [0.1, 0.15) is 5.75 Å². The molecule has 17 heavy (non-hydrogen) atoms. The molecule has 1 aromatic carbocycles. The third-order valence-electron chi connectivity index (χ3n) is 3.11.